The SMILES string of the molecule is CCCCCCC(=O)OC1CCN(CC)CC1. The van der Waals surface area contributed by atoms with Crippen LogP contribution < -0.4 is 0 Å². The summed E-state index contributed by atoms with van der Waals surface area (Å²) in [6.07, 6.45) is 7.38. The smallest absolute Gasteiger partial charge is 0.306 e. The maximum Gasteiger partial charge on any atom is 0.306 e. The van der Waals surface area contributed by atoms with Gasteiger partial charge in [-0.3, -0.25) is 4.79 Å². The van der Waals surface area contributed by atoms with Crippen LogP contribution in [0.5, 0.6) is 0 Å². The highest BCUT2D eigenvalue weighted by Gasteiger charge is 2.20. The minimum Gasteiger partial charge on any atom is -0.462 e. The average molecular weight is 241 g/mol. The highest BCUT2D eigenvalue weighted by Crippen LogP contribution is 2.14. The van der Waals surface area contributed by atoms with E-state index in [1.165, 1.54) is 12.8 Å². The molecule has 0 aromatic heterocycles. The second-order valence-corrected chi connectivity index (χ2v) is 4.93. The number of hydrogen-bond donors (Lipinski definition) is 0. The molecule has 0 amide bonds. The summed E-state index contributed by atoms with van der Waals surface area (Å²) in [6, 6.07) is 0. The molecule has 3 heteroatoms. The van der Waals surface area contributed by atoms with Crippen LogP contribution in [0.3, 0.4) is 0 Å². The molecule has 1 rings (SSSR count). The standard InChI is InChI=1S/C14H27NO2/c1-3-5-6-7-8-14(16)17-13-9-11-15(4-2)12-10-13/h13H,3-12H2,1-2H3. The molecular formula is C14H27NO2. The van der Waals surface area contributed by atoms with Crippen LogP contribution in [-0.2, 0) is 9.53 Å². The zero-order valence-corrected chi connectivity index (χ0v) is 11.4. The van der Waals surface area contributed by atoms with Crippen LogP contribution in [0.4, 0.5) is 0 Å². The van der Waals surface area contributed by atoms with Gasteiger partial charge in [0.2, 0.25) is 0 Å². The van der Waals surface area contributed by atoms with Gasteiger partial charge in [-0.15, -0.1) is 0 Å². The summed E-state index contributed by atoms with van der Waals surface area (Å²) in [5.41, 5.74) is 0. The van der Waals surface area contributed by atoms with Gasteiger partial charge in [-0.05, 0) is 25.8 Å². The maximum absolute atomic E-state index is 11.6. The molecule has 0 aliphatic carbocycles. The Morgan fingerprint density at radius 3 is 2.47 bits per heavy atom. The lowest BCUT2D eigenvalue weighted by Crippen LogP contribution is -2.37. The van der Waals surface area contributed by atoms with E-state index < -0.39 is 0 Å². The summed E-state index contributed by atoms with van der Waals surface area (Å²) in [6.45, 7) is 7.62. The summed E-state index contributed by atoms with van der Waals surface area (Å²) in [5, 5.41) is 0. The van der Waals surface area contributed by atoms with Crippen LogP contribution in [0.15, 0.2) is 0 Å². The molecule has 17 heavy (non-hydrogen) atoms. The largest absolute Gasteiger partial charge is 0.462 e. The number of carbonyl (C=O) groups excluding carboxylic acids is 1. The lowest BCUT2D eigenvalue weighted by molar-refractivity contribution is -0.151. The third kappa shape index (κ3) is 6.06. The van der Waals surface area contributed by atoms with Gasteiger partial charge in [0.15, 0.2) is 0 Å². The number of rotatable bonds is 7. The predicted molar refractivity (Wildman–Crippen MR) is 70.0 cm³/mol. The predicted octanol–water partition coefficient (Wildman–Crippen LogP) is 2.98. The molecule has 3 nitrogen and oxygen atoms in total. The van der Waals surface area contributed by atoms with E-state index in [9.17, 15) is 4.79 Å². The van der Waals surface area contributed by atoms with Crippen LogP contribution >= 0.6 is 0 Å². The first-order valence-electron chi connectivity index (χ1n) is 7.18. The molecule has 1 fully saturated rings. The Labute approximate surface area is 106 Å². The van der Waals surface area contributed by atoms with Crippen molar-refractivity contribution in [1.82, 2.24) is 4.90 Å². The van der Waals surface area contributed by atoms with Crippen molar-refractivity contribution in [3.63, 3.8) is 0 Å². The molecule has 1 heterocycles. The van der Waals surface area contributed by atoms with Crippen molar-refractivity contribution in [2.24, 2.45) is 0 Å². The van der Waals surface area contributed by atoms with Gasteiger partial charge in [-0.1, -0.05) is 33.1 Å². The topological polar surface area (TPSA) is 29.5 Å². The summed E-state index contributed by atoms with van der Waals surface area (Å²) in [4.78, 5) is 14.0. The van der Waals surface area contributed by atoms with E-state index >= 15 is 0 Å². The molecule has 1 aliphatic rings. The van der Waals surface area contributed by atoms with E-state index in [2.05, 4.69) is 18.7 Å². The molecule has 0 N–H and O–H groups in total. The first-order valence-corrected chi connectivity index (χ1v) is 7.18. The van der Waals surface area contributed by atoms with Gasteiger partial charge in [0.1, 0.15) is 6.10 Å². The van der Waals surface area contributed by atoms with Crippen LogP contribution in [0.2, 0.25) is 0 Å². The number of unbranched alkanes of at least 4 members (excludes halogenated alkanes) is 3. The fourth-order valence-corrected chi connectivity index (χ4v) is 2.28. The monoisotopic (exact) mass is 241 g/mol. The second kappa shape index (κ2) is 8.51. The Morgan fingerprint density at radius 1 is 1.18 bits per heavy atom. The molecular weight excluding hydrogens is 214 g/mol. The lowest BCUT2D eigenvalue weighted by Gasteiger charge is -2.30. The summed E-state index contributed by atoms with van der Waals surface area (Å²) >= 11 is 0. The third-order valence-corrected chi connectivity index (χ3v) is 3.51. The van der Waals surface area contributed by atoms with E-state index in [4.69, 9.17) is 4.74 Å². The van der Waals surface area contributed by atoms with Gasteiger partial charge in [-0.2, -0.15) is 0 Å². The van der Waals surface area contributed by atoms with Crippen LogP contribution in [0.1, 0.15) is 58.8 Å². The van der Waals surface area contributed by atoms with Crippen molar-refractivity contribution in [1.29, 1.82) is 0 Å². The highest BCUT2D eigenvalue weighted by atomic mass is 16.5. The first kappa shape index (κ1) is 14.5. The third-order valence-electron chi connectivity index (χ3n) is 3.51. The zero-order chi connectivity index (χ0) is 12.5. The highest BCUT2D eigenvalue weighted by molar-refractivity contribution is 5.69. The molecule has 1 aliphatic heterocycles. The van der Waals surface area contributed by atoms with E-state index in [-0.39, 0.29) is 12.1 Å². The summed E-state index contributed by atoms with van der Waals surface area (Å²) in [7, 11) is 0. The Balaban J connectivity index is 2.06. The molecule has 0 atom stereocenters. The van der Waals surface area contributed by atoms with Crippen molar-refractivity contribution < 1.29 is 9.53 Å². The number of likely N-dealkylation sites (tertiary alicyclic amines) is 1. The number of nitrogens with zero attached hydrogens (tertiary/aromatic N) is 1. The molecule has 0 unspecified atom stereocenters. The van der Waals surface area contributed by atoms with Crippen molar-refractivity contribution in [3.05, 3.63) is 0 Å². The minimum atomic E-state index is 0.0102. The van der Waals surface area contributed by atoms with E-state index in [1.54, 1.807) is 0 Å². The first-order chi connectivity index (χ1) is 8.26. The summed E-state index contributed by atoms with van der Waals surface area (Å²) < 4.78 is 5.50. The van der Waals surface area contributed by atoms with Gasteiger partial charge in [0.05, 0.1) is 0 Å². The Morgan fingerprint density at radius 2 is 1.88 bits per heavy atom. The molecule has 0 aromatic rings. The van der Waals surface area contributed by atoms with E-state index in [0.717, 1.165) is 45.3 Å². The van der Waals surface area contributed by atoms with Gasteiger partial charge in [0.25, 0.3) is 0 Å². The molecule has 1 saturated heterocycles. The molecule has 0 aromatic carbocycles. The summed E-state index contributed by atoms with van der Waals surface area (Å²) in [5.74, 6) is 0.0102. The van der Waals surface area contributed by atoms with Gasteiger partial charge in [-0.25, -0.2) is 0 Å². The quantitative estimate of drug-likeness (QED) is 0.507. The minimum absolute atomic E-state index is 0.0102. The maximum atomic E-state index is 11.6. The average Bonchev–Trinajstić information content (AvgIpc) is 2.36. The van der Waals surface area contributed by atoms with Crippen LogP contribution in [0.25, 0.3) is 0 Å². The molecule has 0 saturated carbocycles. The van der Waals surface area contributed by atoms with E-state index in [0.29, 0.717) is 6.42 Å². The molecule has 0 radical (unpaired) electrons. The second-order valence-electron chi connectivity index (χ2n) is 4.93. The fraction of sp³-hybridized carbons (Fsp3) is 0.929. The Bertz CT molecular complexity index is 210. The molecule has 100 valence electrons. The van der Waals surface area contributed by atoms with Gasteiger partial charge < -0.3 is 9.64 Å². The van der Waals surface area contributed by atoms with Gasteiger partial charge in [0, 0.05) is 19.5 Å². The Kier molecular flexibility index (Phi) is 7.25. The zero-order valence-electron chi connectivity index (χ0n) is 11.4. The van der Waals surface area contributed by atoms with Crippen molar-refractivity contribution in [2.45, 2.75) is 64.9 Å². The van der Waals surface area contributed by atoms with Crippen molar-refractivity contribution in [2.75, 3.05) is 19.6 Å². The van der Waals surface area contributed by atoms with E-state index in [1.807, 2.05) is 0 Å². The number of piperidine rings is 1. The molecule has 0 spiro atoms. The Hall–Kier alpha value is -0.570. The normalized spacial score (nSPS) is 18.2. The lowest BCUT2D eigenvalue weighted by atomic mass is 10.1. The number of hydrogen-bond acceptors (Lipinski definition) is 3. The number of ether oxygens (including phenoxy) is 1. The van der Waals surface area contributed by atoms with Gasteiger partial charge >= 0.3 is 5.97 Å². The number of esters is 1. The number of carbonyl (C=O) groups is 1. The van der Waals surface area contributed by atoms with Crippen LogP contribution in [0, 0.1) is 0 Å². The molecule has 0 bridgehead atoms. The fourth-order valence-electron chi connectivity index (χ4n) is 2.28. The van der Waals surface area contributed by atoms with Crippen molar-refractivity contribution >= 4 is 5.97 Å². The van der Waals surface area contributed by atoms with Crippen molar-refractivity contribution in [3.8, 4) is 0 Å². The van der Waals surface area contributed by atoms with Crippen LogP contribution in [-0.4, -0.2) is 36.6 Å².